The number of benzene rings is 3. The highest BCUT2D eigenvalue weighted by molar-refractivity contribution is 7.92. The van der Waals surface area contributed by atoms with Crippen molar-refractivity contribution in [2.24, 2.45) is 5.10 Å². The van der Waals surface area contributed by atoms with Gasteiger partial charge in [0.05, 0.1) is 21.2 Å². The maximum absolute atomic E-state index is 12.4. The van der Waals surface area contributed by atoms with Crippen molar-refractivity contribution in [1.82, 2.24) is 5.43 Å². The first-order valence-corrected chi connectivity index (χ1v) is 11.0. The Morgan fingerprint density at radius 2 is 1.57 bits per heavy atom. The fourth-order valence-corrected chi connectivity index (χ4v) is 3.90. The third-order valence-electron chi connectivity index (χ3n) is 3.87. The van der Waals surface area contributed by atoms with Gasteiger partial charge in [0.1, 0.15) is 0 Å². The van der Waals surface area contributed by atoms with Crippen LogP contribution in [0.5, 0.6) is 0 Å². The van der Waals surface area contributed by atoms with E-state index >= 15 is 0 Å². The summed E-state index contributed by atoms with van der Waals surface area (Å²) in [6, 6.07) is 16.7. The predicted octanol–water partition coefficient (Wildman–Crippen LogP) is 5.21. The number of anilines is 1. The second kappa shape index (κ2) is 9.49. The van der Waals surface area contributed by atoms with Crippen molar-refractivity contribution in [2.45, 2.75) is 4.90 Å². The van der Waals surface area contributed by atoms with E-state index in [9.17, 15) is 13.2 Å². The summed E-state index contributed by atoms with van der Waals surface area (Å²) in [7, 11) is -3.77. The maximum Gasteiger partial charge on any atom is 0.271 e. The molecule has 0 fully saturated rings. The Hall–Kier alpha value is -2.58. The SMILES string of the molecule is O=C(N/N=C/c1cccc(Cl)c1Cl)c1ccc(NS(=O)(=O)c2ccc(Cl)cc2)cc1. The van der Waals surface area contributed by atoms with Crippen LogP contribution in [0, 0.1) is 0 Å². The van der Waals surface area contributed by atoms with Crippen molar-refractivity contribution in [3.05, 3.63) is 92.9 Å². The van der Waals surface area contributed by atoms with Gasteiger partial charge in [-0.05, 0) is 54.6 Å². The molecule has 0 aromatic heterocycles. The molecule has 0 spiro atoms. The number of rotatable bonds is 6. The van der Waals surface area contributed by atoms with Crippen molar-refractivity contribution >= 4 is 62.6 Å². The summed E-state index contributed by atoms with van der Waals surface area (Å²) < 4.78 is 27.2. The van der Waals surface area contributed by atoms with E-state index in [4.69, 9.17) is 34.8 Å². The first-order valence-electron chi connectivity index (χ1n) is 8.42. The molecular weight excluding hydrogens is 469 g/mol. The van der Waals surface area contributed by atoms with E-state index in [1.54, 1.807) is 18.2 Å². The molecule has 6 nitrogen and oxygen atoms in total. The number of carbonyl (C=O) groups excluding carboxylic acids is 1. The molecule has 0 saturated carbocycles. The maximum atomic E-state index is 12.4. The molecule has 0 aliphatic carbocycles. The van der Waals surface area contributed by atoms with Gasteiger partial charge >= 0.3 is 0 Å². The van der Waals surface area contributed by atoms with E-state index in [0.29, 0.717) is 31.9 Å². The summed E-state index contributed by atoms with van der Waals surface area (Å²) in [6.07, 6.45) is 1.38. The van der Waals surface area contributed by atoms with Gasteiger partial charge in [0.2, 0.25) is 0 Å². The van der Waals surface area contributed by atoms with E-state index in [-0.39, 0.29) is 4.90 Å². The van der Waals surface area contributed by atoms with Crippen LogP contribution in [0.15, 0.2) is 76.7 Å². The van der Waals surface area contributed by atoms with Crippen LogP contribution in [0.1, 0.15) is 15.9 Å². The molecule has 0 unspecified atom stereocenters. The topological polar surface area (TPSA) is 87.6 Å². The van der Waals surface area contributed by atoms with Crippen LogP contribution < -0.4 is 10.1 Å². The Labute approximate surface area is 188 Å². The number of hydrazone groups is 1. The molecule has 0 aliphatic rings. The molecule has 3 aromatic carbocycles. The minimum Gasteiger partial charge on any atom is -0.280 e. The zero-order valence-corrected chi connectivity index (χ0v) is 18.2. The third-order valence-corrected chi connectivity index (χ3v) is 6.36. The molecule has 0 aliphatic heterocycles. The molecule has 10 heteroatoms. The summed E-state index contributed by atoms with van der Waals surface area (Å²) >= 11 is 17.8. The summed E-state index contributed by atoms with van der Waals surface area (Å²) in [5, 5.41) is 5.00. The Balaban J connectivity index is 1.65. The molecule has 2 N–H and O–H groups in total. The van der Waals surface area contributed by atoms with Gasteiger partial charge in [-0.1, -0.05) is 46.9 Å². The molecular formula is C20H14Cl3N3O3S. The van der Waals surface area contributed by atoms with Gasteiger partial charge in [-0.3, -0.25) is 9.52 Å². The molecule has 30 heavy (non-hydrogen) atoms. The van der Waals surface area contributed by atoms with Crippen molar-refractivity contribution in [3.8, 4) is 0 Å². The molecule has 3 aromatic rings. The molecule has 0 atom stereocenters. The van der Waals surface area contributed by atoms with Crippen LogP contribution in [0.25, 0.3) is 0 Å². The van der Waals surface area contributed by atoms with Gasteiger partial charge < -0.3 is 0 Å². The summed E-state index contributed by atoms with van der Waals surface area (Å²) in [4.78, 5) is 12.3. The molecule has 0 bridgehead atoms. The lowest BCUT2D eigenvalue weighted by Gasteiger charge is -2.09. The normalized spacial score (nSPS) is 11.4. The highest BCUT2D eigenvalue weighted by atomic mass is 35.5. The highest BCUT2D eigenvalue weighted by Crippen LogP contribution is 2.24. The number of hydrogen-bond acceptors (Lipinski definition) is 4. The van der Waals surface area contributed by atoms with E-state index in [1.165, 1.54) is 54.7 Å². The number of hydrogen-bond donors (Lipinski definition) is 2. The van der Waals surface area contributed by atoms with Gasteiger partial charge in [-0.15, -0.1) is 0 Å². The van der Waals surface area contributed by atoms with Gasteiger partial charge in [0.25, 0.3) is 15.9 Å². The summed E-state index contributed by atoms with van der Waals surface area (Å²) in [5.74, 6) is -0.475. The van der Waals surface area contributed by atoms with Gasteiger partial charge in [-0.25, -0.2) is 13.8 Å². The Morgan fingerprint density at radius 1 is 0.900 bits per heavy atom. The monoisotopic (exact) mass is 481 g/mol. The summed E-state index contributed by atoms with van der Waals surface area (Å²) in [6.45, 7) is 0. The summed E-state index contributed by atoms with van der Waals surface area (Å²) in [5.41, 5.74) is 3.51. The Kier molecular flexibility index (Phi) is 6.99. The lowest BCUT2D eigenvalue weighted by molar-refractivity contribution is 0.0955. The van der Waals surface area contributed by atoms with Crippen molar-refractivity contribution in [1.29, 1.82) is 0 Å². The number of carbonyl (C=O) groups is 1. The van der Waals surface area contributed by atoms with Gasteiger partial charge in [0.15, 0.2) is 0 Å². The van der Waals surface area contributed by atoms with Crippen LogP contribution >= 0.6 is 34.8 Å². The number of amides is 1. The van der Waals surface area contributed by atoms with Gasteiger partial charge in [0, 0.05) is 21.8 Å². The van der Waals surface area contributed by atoms with E-state index in [1.807, 2.05) is 0 Å². The first kappa shape index (κ1) is 22.1. The molecule has 0 heterocycles. The minimum absolute atomic E-state index is 0.0720. The largest absolute Gasteiger partial charge is 0.280 e. The fourth-order valence-electron chi connectivity index (χ4n) is 2.36. The van der Waals surface area contributed by atoms with Crippen molar-refractivity contribution in [3.63, 3.8) is 0 Å². The Morgan fingerprint density at radius 3 is 2.23 bits per heavy atom. The van der Waals surface area contributed by atoms with E-state index < -0.39 is 15.9 Å². The zero-order chi connectivity index (χ0) is 21.7. The third kappa shape index (κ3) is 5.52. The standard InChI is InChI=1S/C20H14Cl3N3O3S/c21-15-6-10-17(11-7-15)30(28,29)26-16-8-4-13(5-9-16)20(27)25-24-12-14-2-1-3-18(22)19(14)23/h1-12,26H,(H,25,27)/b24-12+. The molecule has 154 valence electrons. The average molecular weight is 483 g/mol. The molecule has 0 saturated heterocycles. The second-order valence-corrected chi connectivity index (χ2v) is 8.88. The van der Waals surface area contributed by atoms with Crippen LogP contribution in [-0.4, -0.2) is 20.5 Å². The van der Waals surface area contributed by atoms with Crippen LogP contribution in [0.2, 0.25) is 15.1 Å². The van der Waals surface area contributed by atoms with E-state index in [2.05, 4.69) is 15.2 Å². The lowest BCUT2D eigenvalue weighted by Crippen LogP contribution is -2.18. The molecule has 1 amide bonds. The minimum atomic E-state index is -3.77. The lowest BCUT2D eigenvalue weighted by atomic mass is 10.2. The van der Waals surface area contributed by atoms with E-state index in [0.717, 1.165) is 0 Å². The smallest absolute Gasteiger partial charge is 0.271 e. The van der Waals surface area contributed by atoms with Gasteiger partial charge in [-0.2, -0.15) is 5.10 Å². The highest BCUT2D eigenvalue weighted by Gasteiger charge is 2.14. The number of nitrogens with one attached hydrogen (secondary N) is 2. The van der Waals surface area contributed by atoms with Crippen molar-refractivity contribution < 1.29 is 13.2 Å². The number of nitrogens with zero attached hydrogens (tertiary/aromatic N) is 1. The second-order valence-electron chi connectivity index (χ2n) is 5.98. The Bertz CT molecular complexity index is 1200. The molecule has 3 rings (SSSR count). The fraction of sp³-hybridized carbons (Fsp3) is 0. The van der Waals surface area contributed by atoms with Crippen LogP contribution in [0.3, 0.4) is 0 Å². The van der Waals surface area contributed by atoms with Crippen molar-refractivity contribution in [2.75, 3.05) is 4.72 Å². The quantitative estimate of drug-likeness (QED) is 0.373. The van der Waals surface area contributed by atoms with Crippen LogP contribution in [-0.2, 0) is 10.0 Å². The average Bonchev–Trinajstić information content (AvgIpc) is 2.71. The first-order chi connectivity index (χ1) is 14.3. The zero-order valence-electron chi connectivity index (χ0n) is 15.1. The predicted molar refractivity (Wildman–Crippen MR) is 120 cm³/mol. The number of halogens is 3. The number of sulfonamides is 1. The van der Waals surface area contributed by atoms with Crippen LogP contribution in [0.4, 0.5) is 5.69 Å². The molecule has 0 radical (unpaired) electrons.